The minimum absolute atomic E-state index is 0.000340. The molecule has 1 saturated heterocycles. The number of carbonyl (C=O) groups is 2. The van der Waals surface area contributed by atoms with E-state index in [0.717, 1.165) is 17.5 Å². The first kappa shape index (κ1) is 24.3. The molecule has 3 aromatic carbocycles. The highest BCUT2D eigenvalue weighted by Crippen LogP contribution is 2.45. The van der Waals surface area contributed by atoms with Gasteiger partial charge in [-0.15, -0.1) is 0 Å². The zero-order valence-corrected chi connectivity index (χ0v) is 20.3. The normalized spacial score (nSPS) is 23.6. The van der Waals surface area contributed by atoms with Crippen molar-refractivity contribution in [3.05, 3.63) is 96.1 Å². The lowest BCUT2D eigenvalue weighted by Gasteiger charge is -2.24. The third kappa shape index (κ3) is 5.68. The van der Waals surface area contributed by atoms with E-state index in [1.165, 1.54) is 5.56 Å². The lowest BCUT2D eigenvalue weighted by molar-refractivity contribution is -0.141. The molecular weight excluding hydrogens is 452 g/mol. The van der Waals surface area contributed by atoms with E-state index < -0.39 is 6.10 Å². The number of aliphatic hydroxyl groups excluding tert-OH is 1. The first-order valence-corrected chi connectivity index (χ1v) is 12.8. The number of hydrogen-bond donors (Lipinski definition) is 1. The Bertz CT molecular complexity index is 1160. The molecule has 0 spiro atoms. The fourth-order valence-electron chi connectivity index (χ4n) is 5.64. The summed E-state index contributed by atoms with van der Waals surface area (Å²) in [5.41, 5.74) is 3.84. The van der Waals surface area contributed by atoms with Crippen molar-refractivity contribution in [2.45, 2.75) is 56.8 Å². The van der Waals surface area contributed by atoms with E-state index in [1.807, 2.05) is 60.7 Å². The van der Waals surface area contributed by atoms with Gasteiger partial charge in [0.2, 0.25) is 0 Å². The van der Waals surface area contributed by atoms with Crippen LogP contribution in [-0.2, 0) is 20.7 Å². The summed E-state index contributed by atoms with van der Waals surface area (Å²) in [5, 5.41) is 10.6. The van der Waals surface area contributed by atoms with Crippen molar-refractivity contribution in [3.8, 4) is 11.1 Å². The van der Waals surface area contributed by atoms with Gasteiger partial charge in [-0.1, -0.05) is 72.8 Å². The molecule has 0 aromatic heterocycles. The highest BCUT2D eigenvalue weighted by molar-refractivity contribution is 5.90. The quantitative estimate of drug-likeness (QED) is 0.400. The Kier molecular flexibility index (Phi) is 7.47. The molecular formula is C31H32O5. The van der Waals surface area contributed by atoms with Crippen LogP contribution in [0, 0.1) is 11.8 Å². The molecule has 1 heterocycles. The first-order chi connectivity index (χ1) is 17.6. The summed E-state index contributed by atoms with van der Waals surface area (Å²) in [4.78, 5) is 24.9. The van der Waals surface area contributed by atoms with Gasteiger partial charge in [0, 0.05) is 18.3 Å². The Hall–Kier alpha value is -3.44. The maximum atomic E-state index is 13.0. The molecule has 1 aliphatic carbocycles. The SMILES string of the molecule is O=C1CC2C(CC(OC(=O)c3ccc(-c4ccccc4)cc3)C2CC[C@@H](O)CCc2ccccc2)O1. The molecule has 36 heavy (non-hydrogen) atoms. The standard InChI is InChI=1S/C31H32O5/c32-25(16-11-21-7-3-1-4-8-21)17-18-26-27-19-30(33)35-29(27)20-28(26)36-31(34)24-14-12-23(13-15-24)22-9-5-2-6-10-22/h1-10,12-15,25-29,32H,11,16-20H2/t25-,26?,27?,28?,29?/m0/s1. The molecule has 1 aliphatic heterocycles. The number of rotatable bonds is 9. The van der Waals surface area contributed by atoms with Crippen LogP contribution in [0.4, 0.5) is 0 Å². The van der Waals surface area contributed by atoms with E-state index >= 15 is 0 Å². The van der Waals surface area contributed by atoms with Crippen molar-refractivity contribution in [3.63, 3.8) is 0 Å². The second-order valence-electron chi connectivity index (χ2n) is 9.94. The Morgan fingerprint density at radius 3 is 2.31 bits per heavy atom. The van der Waals surface area contributed by atoms with Gasteiger partial charge < -0.3 is 14.6 Å². The van der Waals surface area contributed by atoms with Gasteiger partial charge in [0.1, 0.15) is 12.2 Å². The number of ether oxygens (including phenoxy) is 2. The zero-order valence-electron chi connectivity index (χ0n) is 20.3. The third-order valence-electron chi connectivity index (χ3n) is 7.58. The van der Waals surface area contributed by atoms with Crippen LogP contribution in [0.2, 0.25) is 0 Å². The molecule has 1 saturated carbocycles. The molecule has 186 valence electrons. The van der Waals surface area contributed by atoms with Crippen LogP contribution in [0.5, 0.6) is 0 Å². The van der Waals surface area contributed by atoms with Gasteiger partial charge in [0.05, 0.1) is 18.1 Å². The topological polar surface area (TPSA) is 72.8 Å². The monoisotopic (exact) mass is 484 g/mol. The fourth-order valence-corrected chi connectivity index (χ4v) is 5.64. The maximum absolute atomic E-state index is 13.0. The molecule has 5 nitrogen and oxygen atoms in total. The van der Waals surface area contributed by atoms with Gasteiger partial charge in [-0.3, -0.25) is 4.79 Å². The Balaban J connectivity index is 1.20. The van der Waals surface area contributed by atoms with Crippen molar-refractivity contribution in [2.24, 2.45) is 11.8 Å². The fraction of sp³-hybridized carbons (Fsp3) is 0.355. The minimum atomic E-state index is -0.441. The lowest BCUT2D eigenvalue weighted by Crippen LogP contribution is -2.27. The maximum Gasteiger partial charge on any atom is 0.338 e. The van der Waals surface area contributed by atoms with Crippen LogP contribution in [0.3, 0.4) is 0 Å². The lowest BCUT2D eigenvalue weighted by atomic mass is 9.86. The predicted molar refractivity (Wildman–Crippen MR) is 137 cm³/mol. The zero-order chi connectivity index (χ0) is 24.9. The Morgan fingerprint density at radius 1 is 0.917 bits per heavy atom. The molecule has 2 aliphatic rings. The molecule has 5 atom stereocenters. The van der Waals surface area contributed by atoms with E-state index in [-0.39, 0.29) is 36.0 Å². The summed E-state index contributed by atoms with van der Waals surface area (Å²) in [6, 6.07) is 27.6. The van der Waals surface area contributed by atoms with Crippen molar-refractivity contribution in [2.75, 3.05) is 0 Å². The molecule has 0 radical (unpaired) electrons. The van der Waals surface area contributed by atoms with Crippen LogP contribution in [0.1, 0.15) is 48.0 Å². The average molecular weight is 485 g/mol. The number of aryl methyl sites for hydroxylation is 1. The van der Waals surface area contributed by atoms with Gasteiger partial charge in [-0.05, 0) is 54.5 Å². The summed E-state index contributed by atoms with van der Waals surface area (Å²) < 4.78 is 11.5. The number of esters is 2. The molecule has 5 rings (SSSR count). The van der Waals surface area contributed by atoms with E-state index in [4.69, 9.17) is 9.47 Å². The highest BCUT2D eigenvalue weighted by Gasteiger charge is 2.51. The van der Waals surface area contributed by atoms with Gasteiger partial charge in [0.25, 0.3) is 0 Å². The summed E-state index contributed by atoms with van der Waals surface area (Å²) in [6.45, 7) is 0. The number of carbonyl (C=O) groups excluding carboxylic acids is 2. The number of hydrogen-bond acceptors (Lipinski definition) is 5. The van der Waals surface area contributed by atoms with Gasteiger partial charge in [-0.2, -0.15) is 0 Å². The van der Waals surface area contributed by atoms with Gasteiger partial charge in [-0.25, -0.2) is 4.79 Å². The molecule has 1 N–H and O–H groups in total. The predicted octanol–water partition coefficient (Wildman–Crippen LogP) is 5.60. The molecule has 0 amide bonds. The Morgan fingerprint density at radius 2 is 1.58 bits per heavy atom. The number of benzene rings is 3. The highest BCUT2D eigenvalue weighted by atomic mass is 16.6. The second kappa shape index (κ2) is 11.1. The Labute approximate surface area is 212 Å². The van der Waals surface area contributed by atoms with Crippen LogP contribution >= 0.6 is 0 Å². The first-order valence-electron chi connectivity index (χ1n) is 12.8. The van der Waals surface area contributed by atoms with Crippen molar-refractivity contribution >= 4 is 11.9 Å². The average Bonchev–Trinajstić information content (AvgIpc) is 3.42. The van der Waals surface area contributed by atoms with E-state index in [2.05, 4.69) is 12.1 Å². The van der Waals surface area contributed by atoms with Crippen molar-refractivity contribution in [1.82, 2.24) is 0 Å². The summed E-state index contributed by atoms with van der Waals surface area (Å²) >= 11 is 0. The molecule has 0 bridgehead atoms. The minimum Gasteiger partial charge on any atom is -0.462 e. The van der Waals surface area contributed by atoms with Gasteiger partial charge in [0.15, 0.2) is 0 Å². The summed E-state index contributed by atoms with van der Waals surface area (Å²) in [5.74, 6) is -0.501. The molecule has 3 aromatic rings. The smallest absolute Gasteiger partial charge is 0.338 e. The number of fused-ring (bicyclic) bond motifs is 1. The van der Waals surface area contributed by atoms with E-state index in [1.54, 1.807) is 12.1 Å². The van der Waals surface area contributed by atoms with Gasteiger partial charge >= 0.3 is 11.9 Å². The summed E-state index contributed by atoms with van der Waals surface area (Å²) in [6.07, 6.45) is 2.70. The van der Waals surface area contributed by atoms with Crippen LogP contribution in [-0.4, -0.2) is 35.4 Å². The largest absolute Gasteiger partial charge is 0.462 e. The number of aliphatic hydroxyl groups is 1. The van der Waals surface area contributed by atoms with Crippen LogP contribution in [0.15, 0.2) is 84.9 Å². The molecule has 2 fully saturated rings. The van der Waals surface area contributed by atoms with Crippen LogP contribution in [0.25, 0.3) is 11.1 Å². The third-order valence-corrected chi connectivity index (χ3v) is 7.58. The van der Waals surface area contributed by atoms with Crippen molar-refractivity contribution < 1.29 is 24.2 Å². The molecule has 4 unspecified atom stereocenters. The van der Waals surface area contributed by atoms with Crippen molar-refractivity contribution in [1.29, 1.82) is 0 Å². The molecule has 5 heteroatoms. The summed E-state index contributed by atoms with van der Waals surface area (Å²) in [7, 11) is 0. The van der Waals surface area contributed by atoms with E-state index in [0.29, 0.717) is 37.7 Å². The van der Waals surface area contributed by atoms with Crippen LogP contribution < -0.4 is 0 Å². The second-order valence-corrected chi connectivity index (χ2v) is 9.94. The van der Waals surface area contributed by atoms with E-state index in [9.17, 15) is 14.7 Å².